The lowest BCUT2D eigenvalue weighted by molar-refractivity contribution is -0.153. The number of ketones is 1. The third kappa shape index (κ3) is 4.23. The zero-order valence-electron chi connectivity index (χ0n) is 23.8. The van der Waals surface area contributed by atoms with Crippen molar-refractivity contribution >= 4 is 32.2 Å². The quantitative estimate of drug-likeness (QED) is 0.0941. The van der Waals surface area contributed by atoms with Crippen molar-refractivity contribution in [3.63, 3.8) is 0 Å². The zero-order valence-corrected chi connectivity index (χ0v) is 25.7. The molecule has 9 heteroatoms. The number of β-lactam (4-membered cyclic amide) rings is 1. The molecule has 40 heavy (non-hydrogen) atoms. The van der Waals surface area contributed by atoms with Gasteiger partial charge in [-0.15, -0.1) is 16.9 Å². The molecule has 0 aliphatic carbocycles. The molecule has 1 saturated heterocycles. The first-order valence-corrected chi connectivity index (χ1v) is 17.3. The molecule has 1 fully saturated rings. The average molecular weight is 570 g/mol. The number of benzene rings is 3. The van der Waals surface area contributed by atoms with Crippen molar-refractivity contribution in [2.24, 2.45) is 7.05 Å². The number of aromatic nitrogens is 4. The molecule has 206 valence electrons. The van der Waals surface area contributed by atoms with Crippen molar-refractivity contribution in [1.29, 1.82) is 0 Å². The number of hydrogen-bond donors (Lipinski definition) is 0. The summed E-state index contributed by atoms with van der Waals surface area (Å²) in [6, 6.07) is 31.1. The van der Waals surface area contributed by atoms with E-state index in [0.717, 1.165) is 16.7 Å². The lowest BCUT2D eigenvalue weighted by Gasteiger charge is -2.62. The van der Waals surface area contributed by atoms with E-state index in [1.165, 1.54) is 4.68 Å². The number of amides is 1. The third-order valence-corrected chi connectivity index (χ3v) is 12.6. The number of nitrogens with zero attached hydrogens (tertiary/aromatic N) is 5. The van der Waals surface area contributed by atoms with Crippen LogP contribution in [0.5, 0.6) is 0 Å². The summed E-state index contributed by atoms with van der Waals surface area (Å²) in [5, 5.41) is 10.1. The Morgan fingerprint density at radius 3 is 1.65 bits per heavy atom. The predicted molar refractivity (Wildman–Crippen MR) is 162 cm³/mol. The second-order valence-corrected chi connectivity index (χ2v) is 16.1. The number of Topliss-reactive ketones (excluding diaryl/α,β-unsaturated/α-hetero) is 1. The Hall–Kier alpha value is -3.56. The van der Waals surface area contributed by atoms with Gasteiger partial charge in [0.1, 0.15) is 5.04 Å². The van der Waals surface area contributed by atoms with E-state index in [0.29, 0.717) is 0 Å². The molecule has 7 nitrogen and oxygen atoms in total. The van der Waals surface area contributed by atoms with Gasteiger partial charge in [-0.1, -0.05) is 104 Å². The molecule has 0 radical (unpaired) electrons. The van der Waals surface area contributed by atoms with Crippen molar-refractivity contribution in [2.75, 3.05) is 0 Å². The topological polar surface area (TPSA) is 81.0 Å². The first-order valence-electron chi connectivity index (χ1n) is 13.5. The molecule has 3 aromatic carbocycles. The van der Waals surface area contributed by atoms with Crippen LogP contribution in [0.3, 0.4) is 0 Å². The van der Waals surface area contributed by atoms with E-state index in [2.05, 4.69) is 65.0 Å². The first-order chi connectivity index (χ1) is 19.1. The fourth-order valence-electron chi connectivity index (χ4n) is 5.85. The first kappa shape index (κ1) is 28.0. The molecule has 1 aromatic heterocycles. The molecular formula is C31H35N5O2SSi. The second-order valence-electron chi connectivity index (χ2n) is 11.6. The van der Waals surface area contributed by atoms with Crippen LogP contribution in [0.1, 0.15) is 48.1 Å². The van der Waals surface area contributed by atoms with Crippen LogP contribution in [0.25, 0.3) is 0 Å². The molecule has 2 heterocycles. The van der Waals surface area contributed by atoms with Gasteiger partial charge in [-0.2, -0.15) is 0 Å². The third-order valence-electron chi connectivity index (χ3n) is 7.86. The molecule has 1 aliphatic heterocycles. The number of rotatable bonds is 8. The summed E-state index contributed by atoms with van der Waals surface area (Å²) >= 11 is 1.68. The van der Waals surface area contributed by atoms with Gasteiger partial charge in [0.15, 0.2) is 0 Å². The molecule has 0 spiro atoms. The van der Waals surface area contributed by atoms with Crippen LogP contribution in [-0.2, 0) is 16.6 Å². The molecule has 1 amide bonds. The van der Waals surface area contributed by atoms with Gasteiger partial charge in [0.05, 0.1) is 18.9 Å². The second kappa shape index (κ2) is 10.4. The number of tetrazole rings is 1. The Kier molecular flexibility index (Phi) is 7.31. The Labute approximate surface area is 241 Å². The fourth-order valence-corrected chi connectivity index (χ4v) is 10.9. The summed E-state index contributed by atoms with van der Waals surface area (Å²) in [5.41, 5.74) is 2.74. The molecule has 0 N–H and O–H groups in total. The van der Waals surface area contributed by atoms with Gasteiger partial charge in [-0.3, -0.25) is 9.59 Å². The minimum absolute atomic E-state index is 0.124. The van der Waals surface area contributed by atoms with Crippen molar-refractivity contribution in [3.8, 4) is 0 Å². The maximum atomic E-state index is 14.5. The highest BCUT2D eigenvalue weighted by atomic mass is 32.2. The molecule has 2 unspecified atom stereocenters. The SMILES string of the molecule is Cn1nnnc1C(=O)C1([SiH](C)C)C(=O)N(C(C)(C)C)C1SC(c1ccccc1)(c1ccccc1)c1ccccc1. The molecule has 2 atom stereocenters. The highest BCUT2D eigenvalue weighted by Crippen LogP contribution is 2.63. The molecule has 0 bridgehead atoms. The number of likely N-dealkylation sites (tertiary alicyclic amines) is 1. The van der Waals surface area contributed by atoms with E-state index in [1.54, 1.807) is 18.8 Å². The Morgan fingerprint density at radius 2 is 1.30 bits per heavy atom. The van der Waals surface area contributed by atoms with E-state index in [-0.39, 0.29) is 17.5 Å². The van der Waals surface area contributed by atoms with Crippen molar-refractivity contribution < 1.29 is 9.59 Å². The van der Waals surface area contributed by atoms with E-state index >= 15 is 0 Å². The molecule has 1 aliphatic rings. The number of aryl methyl sites for hydroxylation is 1. The monoisotopic (exact) mass is 569 g/mol. The van der Waals surface area contributed by atoms with Crippen LogP contribution < -0.4 is 0 Å². The predicted octanol–water partition coefficient (Wildman–Crippen LogP) is 5.31. The van der Waals surface area contributed by atoms with Crippen LogP contribution in [0, 0.1) is 0 Å². The van der Waals surface area contributed by atoms with E-state index in [1.807, 2.05) is 80.3 Å². The summed E-state index contributed by atoms with van der Waals surface area (Å²) in [7, 11) is -0.354. The minimum atomic E-state index is -2.00. The van der Waals surface area contributed by atoms with Gasteiger partial charge in [0.25, 0.3) is 0 Å². The summed E-state index contributed by atoms with van der Waals surface area (Å²) < 4.78 is 0.681. The van der Waals surface area contributed by atoms with Crippen molar-refractivity contribution in [3.05, 3.63) is 114 Å². The van der Waals surface area contributed by atoms with Gasteiger partial charge in [0, 0.05) is 12.6 Å². The average Bonchev–Trinajstić information content (AvgIpc) is 3.37. The molecule has 4 aromatic rings. The zero-order chi connectivity index (χ0) is 28.7. The Morgan fingerprint density at radius 1 is 0.850 bits per heavy atom. The maximum Gasteiger partial charge on any atom is 0.237 e. The van der Waals surface area contributed by atoms with Crippen LogP contribution in [0.4, 0.5) is 0 Å². The maximum absolute atomic E-state index is 14.5. The number of carbonyl (C=O) groups is 2. The molecule has 5 rings (SSSR count). The van der Waals surface area contributed by atoms with Gasteiger partial charge in [-0.05, 0) is 47.9 Å². The lowest BCUT2D eigenvalue weighted by Crippen LogP contribution is -2.75. The van der Waals surface area contributed by atoms with E-state index < -0.39 is 29.5 Å². The van der Waals surface area contributed by atoms with Gasteiger partial charge < -0.3 is 4.90 Å². The van der Waals surface area contributed by atoms with Crippen molar-refractivity contribution in [2.45, 2.75) is 54.6 Å². The Balaban J connectivity index is 1.80. The minimum Gasteiger partial charge on any atom is -0.324 e. The summed E-state index contributed by atoms with van der Waals surface area (Å²) in [6.07, 6.45) is 0. The van der Waals surface area contributed by atoms with Gasteiger partial charge in [0.2, 0.25) is 17.5 Å². The van der Waals surface area contributed by atoms with E-state index in [4.69, 9.17) is 0 Å². The molecule has 0 saturated carbocycles. The largest absolute Gasteiger partial charge is 0.324 e. The lowest BCUT2D eigenvalue weighted by atomic mass is 9.83. The number of hydrogen-bond acceptors (Lipinski definition) is 6. The number of carbonyl (C=O) groups excluding carboxylic acids is 2. The highest BCUT2D eigenvalue weighted by Gasteiger charge is 2.71. The number of thioether (sulfide) groups is 1. The van der Waals surface area contributed by atoms with E-state index in [9.17, 15) is 9.59 Å². The van der Waals surface area contributed by atoms with Crippen LogP contribution in [0.2, 0.25) is 18.1 Å². The normalized spacial score (nSPS) is 19.5. The van der Waals surface area contributed by atoms with Gasteiger partial charge >= 0.3 is 0 Å². The fraction of sp³-hybridized carbons (Fsp3) is 0.323. The standard InChI is InChI=1S/C31H35N5O2SSi/c1-29(2,3)36-27(38)31(40(5)6,25(37)26-32-33-34-35(26)4)28(36)39-30(22-16-10-7-11-17-22,23-18-12-8-13-19-23)24-20-14-9-15-21-24/h7-21,28,40H,1-6H3. The summed E-state index contributed by atoms with van der Waals surface area (Å²) in [5.74, 6) is -0.290. The van der Waals surface area contributed by atoms with Crippen LogP contribution in [0.15, 0.2) is 91.0 Å². The smallest absolute Gasteiger partial charge is 0.237 e. The highest BCUT2D eigenvalue weighted by molar-refractivity contribution is 8.01. The summed E-state index contributed by atoms with van der Waals surface area (Å²) in [4.78, 5) is 30.8. The summed E-state index contributed by atoms with van der Waals surface area (Å²) in [6.45, 7) is 10.3. The Bertz CT molecular complexity index is 1410. The van der Waals surface area contributed by atoms with Crippen LogP contribution >= 0.6 is 11.8 Å². The molecular weight excluding hydrogens is 535 g/mol. The van der Waals surface area contributed by atoms with Crippen LogP contribution in [-0.4, -0.2) is 56.5 Å². The van der Waals surface area contributed by atoms with Crippen molar-refractivity contribution in [1.82, 2.24) is 25.1 Å². The van der Waals surface area contributed by atoms with Gasteiger partial charge in [-0.25, -0.2) is 4.68 Å².